The van der Waals surface area contributed by atoms with Gasteiger partial charge in [0.2, 0.25) is 6.04 Å². The van der Waals surface area contributed by atoms with Gasteiger partial charge in [0, 0.05) is 0 Å². The van der Waals surface area contributed by atoms with Gasteiger partial charge in [0.1, 0.15) is 25.7 Å². The van der Waals surface area contributed by atoms with E-state index >= 15 is 4.48 Å². The van der Waals surface area contributed by atoms with Crippen molar-refractivity contribution in [3.8, 4) is 0 Å². The van der Waals surface area contributed by atoms with Crippen molar-refractivity contribution >= 4 is 22.4 Å². The van der Waals surface area contributed by atoms with Crippen LogP contribution in [0.1, 0.15) is 22.8 Å². The predicted molar refractivity (Wildman–Crippen MR) is 123 cm³/mol. The van der Waals surface area contributed by atoms with Crippen LogP contribution in [0.5, 0.6) is 0 Å². The molecule has 3 fully saturated rings. The number of alkyl halides is 1. The number of halogens is 2. The highest BCUT2D eigenvalue weighted by Crippen LogP contribution is 2.42. The van der Waals surface area contributed by atoms with Gasteiger partial charge in [0.25, 0.3) is 0 Å². The van der Waals surface area contributed by atoms with Crippen LogP contribution in [-0.2, 0) is 11.3 Å². The minimum atomic E-state index is -0.418. The highest BCUT2D eigenvalue weighted by molar-refractivity contribution is 6.17. The summed E-state index contributed by atoms with van der Waals surface area (Å²) in [5.74, 6) is 0. The molecule has 3 saturated heterocycles. The largest absolute Gasteiger partial charge is 0.362 e. The van der Waals surface area contributed by atoms with Crippen molar-refractivity contribution in [1.82, 2.24) is 0 Å². The summed E-state index contributed by atoms with van der Waals surface area (Å²) in [5.41, 5.74) is 3.41. The second-order valence-electron chi connectivity index (χ2n) is 9.32. The van der Waals surface area contributed by atoms with Crippen molar-refractivity contribution in [2.24, 2.45) is 0 Å². The van der Waals surface area contributed by atoms with Gasteiger partial charge >= 0.3 is 0 Å². The molecule has 3 aliphatic heterocycles. The summed E-state index contributed by atoms with van der Waals surface area (Å²) in [6, 6.07) is 23.3. The van der Waals surface area contributed by atoms with Crippen LogP contribution >= 0.6 is 11.6 Å². The Hall–Kier alpha value is -1.98. The number of hydrogen-bond donors (Lipinski definition) is 0. The number of benzene rings is 3. The lowest BCUT2D eigenvalue weighted by molar-refractivity contribution is -1.16. The monoisotopic (exact) mass is 440 g/mol. The molecule has 0 amide bonds. The van der Waals surface area contributed by atoms with E-state index in [1.54, 1.807) is 0 Å². The van der Waals surface area contributed by atoms with Gasteiger partial charge in [0.15, 0.2) is 19.1 Å². The van der Waals surface area contributed by atoms with Gasteiger partial charge in [-0.15, -0.1) is 4.71 Å². The van der Waals surface area contributed by atoms with Crippen LogP contribution in [0.25, 0.3) is 10.8 Å². The van der Waals surface area contributed by atoms with Gasteiger partial charge in [-0.2, -0.15) is 0 Å². The third-order valence-electron chi connectivity index (χ3n) is 7.34. The number of piperazine rings is 3. The van der Waals surface area contributed by atoms with Crippen LogP contribution in [0.4, 0.5) is 4.48 Å². The van der Waals surface area contributed by atoms with E-state index < -0.39 is 4.71 Å². The van der Waals surface area contributed by atoms with E-state index in [0.717, 1.165) is 39.5 Å². The number of nitrogens with zero attached hydrogens (tertiary/aromatic N) is 2. The first-order chi connectivity index (χ1) is 15.0. The molecule has 0 N–H and O–H groups in total. The van der Waals surface area contributed by atoms with Crippen molar-refractivity contribution in [1.29, 1.82) is 0 Å². The lowest BCUT2D eigenvalue weighted by atomic mass is 9.91. The molecule has 3 heterocycles. The SMILES string of the molecule is Cc1ccc(CO[C@H](c2cccc3ccccc23)C2C[N+]3(CCl)CC[N+]2(F)CC3)cc1. The first-order valence-corrected chi connectivity index (χ1v) is 11.7. The van der Waals surface area contributed by atoms with Gasteiger partial charge in [-0.05, 0) is 33.3 Å². The molecule has 3 nitrogen and oxygen atoms in total. The fourth-order valence-electron chi connectivity index (χ4n) is 5.32. The molecule has 6 rings (SSSR count). The smallest absolute Gasteiger partial charge is 0.204 e. The highest BCUT2D eigenvalue weighted by Gasteiger charge is 2.60. The third kappa shape index (κ3) is 3.87. The Labute approximate surface area is 188 Å². The molecule has 31 heavy (non-hydrogen) atoms. The number of fused-ring (bicyclic) bond motifs is 4. The summed E-state index contributed by atoms with van der Waals surface area (Å²) < 4.78 is 23.2. The minimum Gasteiger partial charge on any atom is -0.362 e. The number of aryl methyl sites for hydroxylation is 1. The molecular weight excluding hydrogens is 411 g/mol. The summed E-state index contributed by atoms with van der Waals surface area (Å²) in [7, 11) is 0. The Morgan fingerprint density at radius 2 is 1.68 bits per heavy atom. The first kappa shape index (κ1) is 20.9. The Kier molecular flexibility index (Phi) is 5.51. The van der Waals surface area contributed by atoms with Crippen molar-refractivity contribution in [3.63, 3.8) is 0 Å². The molecular formula is C26H30ClFN2O+2. The van der Waals surface area contributed by atoms with E-state index in [4.69, 9.17) is 16.3 Å². The standard InChI is InChI=1S/C26H30ClFN2O/c1-20-9-11-21(12-10-20)18-31-26(24-8-4-6-22-5-2-3-7-23(22)24)25-17-29(19-27)13-15-30(25,28)16-14-29/h2-12,25-26H,13-19H2,1H3/q+2/t25?,26-,29?,30?/m1/s1. The summed E-state index contributed by atoms with van der Waals surface area (Å²) >= 11 is 6.41. The Morgan fingerprint density at radius 1 is 0.968 bits per heavy atom. The van der Waals surface area contributed by atoms with E-state index in [1.807, 2.05) is 12.1 Å². The lowest BCUT2D eigenvalue weighted by Gasteiger charge is -2.54. The van der Waals surface area contributed by atoms with Crippen molar-refractivity contribution < 1.29 is 18.4 Å². The Bertz CT molecular complexity index is 1060. The molecule has 0 saturated carbocycles. The van der Waals surface area contributed by atoms with E-state index in [9.17, 15) is 0 Å². The molecule has 0 spiro atoms. The molecule has 0 aliphatic carbocycles. The second-order valence-corrected chi connectivity index (χ2v) is 9.56. The van der Waals surface area contributed by atoms with E-state index in [2.05, 4.69) is 61.5 Å². The Balaban J connectivity index is 1.55. The molecule has 5 heteroatoms. The van der Waals surface area contributed by atoms with Gasteiger partial charge in [-0.3, -0.25) is 4.48 Å². The summed E-state index contributed by atoms with van der Waals surface area (Å²) in [4.78, 5) is 0. The topological polar surface area (TPSA) is 9.23 Å². The molecule has 3 aromatic rings. The van der Waals surface area contributed by atoms with Crippen LogP contribution in [-0.4, -0.2) is 54.0 Å². The maximum atomic E-state index is 16.2. The molecule has 1 unspecified atom stereocenters. The predicted octanol–water partition coefficient (Wildman–Crippen LogP) is 5.52. The first-order valence-electron chi connectivity index (χ1n) is 11.1. The molecule has 3 aromatic carbocycles. The molecule has 3 aliphatic rings. The van der Waals surface area contributed by atoms with Gasteiger partial charge in [0.05, 0.1) is 6.61 Å². The maximum absolute atomic E-state index is 16.2. The van der Waals surface area contributed by atoms with Crippen LogP contribution in [0.15, 0.2) is 66.7 Å². The zero-order valence-electron chi connectivity index (χ0n) is 18.0. The fourth-order valence-corrected chi connectivity index (χ4v) is 5.66. The minimum absolute atomic E-state index is 0.266. The second kappa shape index (κ2) is 8.18. The average Bonchev–Trinajstić information content (AvgIpc) is 2.81. The molecule has 162 valence electrons. The number of ether oxygens (including phenoxy) is 1. The fraction of sp³-hybridized carbons (Fsp3) is 0.385. The van der Waals surface area contributed by atoms with E-state index in [-0.39, 0.29) is 12.1 Å². The number of quaternary nitrogens is 2. The van der Waals surface area contributed by atoms with Crippen LogP contribution in [0.2, 0.25) is 0 Å². The van der Waals surface area contributed by atoms with Crippen LogP contribution in [0, 0.1) is 6.92 Å². The van der Waals surface area contributed by atoms with Crippen LogP contribution in [0.3, 0.4) is 0 Å². The normalized spacial score (nSPS) is 28.7. The number of rotatable bonds is 6. The molecule has 2 bridgehead atoms. The third-order valence-corrected chi connectivity index (χ3v) is 7.85. The zero-order chi connectivity index (χ0) is 21.5. The molecule has 0 radical (unpaired) electrons. The van der Waals surface area contributed by atoms with Gasteiger partial charge in [-0.25, -0.2) is 0 Å². The van der Waals surface area contributed by atoms with Crippen LogP contribution < -0.4 is 0 Å². The van der Waals surface area contributed by atoms with E-state index in [0.29, 0.717) is 32.2 Å². The maximum Gasteiger partial charge on any atom is 0.204 e. The summed E-state index contributed by atoms with van der Waals surface area (Å²) in [6.45, 7) is 5.87. The lowest BCUT2D eigenvalue weighted by Crippen LogP contribution is -2.77. The van der Waals surface area contributed by atoms with Gasteiger partial charge in [-0.1, -0.05) is 83.9 Å². The highest BCUT2D eigenvalue weighted by atomic mass is 35.5. The summed E-state index contributed by atoms with van der Waals surface area (Å²) in [5, 5.41) is 2.30. The number of hydrogen-bond acceptors (Lipinski definition) is 1. The average molecular weight is 441 g/mol. The van der Waals surface area contributed by atoms with Crippen molar-refractivity contribution in [2.75, 3.05) is 38.7 Å². The zero-order valence-corrected chi connectivity index (χ0v) is 18.8. The van der Waals surface area contributed by atoms with Gasteiger partial charge < -0.3 is 4.74 Å². The quantitative estimate of drug-likeness (QED) is 0.212. The summed E-state index contributed by atoms with van der Waals surface area (Å²) in [6.07, 6.45) is -0.335. The van der Waals surface area contributed by atoms with E-state index in [1.165, 1.54) is 5.56 Å². The van der Waals surface area contributed by atoms with Crippen molar-refractivity contribution in [3.05, 3.63) is 83.4 Å². The van der Waals surface area contributed by atoms with Crippen molar-refractivity contribution in [2.45, 2.75) is 25.7 Å². The molecule has 0 aromatic heterocycles. The molecule has 2 atom stereocenters. The Morgan fingerprint density at radius 3 is 2.42 bits per heavy atom.